The molecular formula is C18H35NO2. The van der Waals surface area contributed by atoms with Crippen LogP contribution in [0.4, 0.5) is 0 Å². The van der Waals surface area contributed by atoms with E-state index in [1.54, 1.807) is 0 Å². The minimum Gasteiger partial charge on any atom is -0.480 e. The zero-order chi connectivity index (χ0) is 16.1. The molecule has 0 bridgehead atoms. The van der Waals surface area contributed by atoms with E-state index in [1.807, 2.05) is 77.8 Å². The van der Waals surface area contributed by atoms with E-state index in [1.165, 1.54) is 5.56 Å². The molecule has 0 saturated carbocycles. The first-order chi connectivity index (χ1) is 9.54. The highest BCUT2D eigenvalue weighted by Crippen LogP contribution is 2.09. The van der Waals surface area contributed by atoms with Crippen LogP contribution in [0.1, 0.15) is 53.2 Å². The fourth-order valence-corrected chi connectivity index (χ4v) is 1.60. The normalized spacial score (nSPS) is 10.3. The molecule has 0 amide bonds. The predicted molar refractivity (Wildman–Crippen MR) is 94.0 cm³/mol. The lowest BCUT2D eigenvalue weighted by atomic mass is 10.0. The van der Waals surface area contributed by atoms with Crippen molar-refractivity contribution in [1.29, 1.82) is 0 Å². The fraction of sp³-hybridized carbons (Fsp3) is 0.611. The maximum Gasteiger partial charge on any atom is 0.321 e. The molecule has 1 aromatic rings. The van der Waals surface area contributed by atoms with Crippen LogP contribution in [-0.2, 0) is 11.2 Å². The number of rotatable bonds is 5. The summed E-state index contributed by atoms with van der Waals surface area (Å²) in [6, 6.07) is 7.58. The second kappa shape index (κ2) is 15.0. The summed E-state index contributed by atoms with van der Waals surface area (Å²) in [5.74, 6) is -0.759. The van der Waals surface area contributed by atoms with Crippen molar-refractivity contribution in [3.63, 3.8) is 0 Å². The average molecular weight is 297 g/mol. The van der Waals surface area contributed by atoms with Crippen LogP contribution in [0.15, 0.2) is 24.3 Å². The summed E-state index contributed by atoms with van der Waals surface area (Å²) in [4.78, 5) is 13.0. The number of likely N-dealkylation sites (N-methyl/N-ethyl adjacent to an activating group) is 1. The lowest BCUT2D eigenvalue weighted by Crippen LogP contribution is -2.39. The molecule has 0 heterocycles. The number of aliphatic carboxylic acids is 1. The van der Waals surface area contributed by atoms with Gasteiger partial charge in [0.2, 0.25) is 0 Å². The third-order valence-electron chi connectivity index (χ3n) is 2.87. The highest BCUT2D eigenvalue weighted by molar-refractivity contribution is 5.73. The van der Waals surface area contributed by atoms with E-state index >= 15 is 0 Å². The molecule has 1 unspecified atom stereocenters. The Labute approximate surface area is 132 Å². The largest absolute Gasteiger partial charge is 0.480 e. The average Bonchev–Trinajstić information content (AvgIpc) is 2.49. The molecule has 0 fully saturated rings. The summed E-state index contributed by atoms with van der Waals surface area (Å²) in [7, 11) is 1.84. The lowest BCUT2D eigenvalue weighted by Gasteiger charge is -2.23. The van der Waals surface area contributed by atoms with Crippen LogP contribution in [-0.4, -0.2) is 35.6 Å². The van der Waals surface area contributed by atoms with Crippen LogP contribution in [0.25, 0.3) is 0 Å². The molecule has 0 spiro atoms. The Kier molecular flexibility index (Phi) is 17.7. The molecule has 0 saturated heterocycles. The number of carboxylic acids is 1. The van der Waals surface area contributed by atoms with Gasteiger partial charge in [0.15, 0.2) is 0 Å². The number of hydrogen-bond donors (Lipinski definition) is 1. The maximum absolute atomic E-state index is 11.1. The molecule has 0 aliphatic heterocycles. The fourth-order valence-electron chi connectivity index (χ4n) is 1.60. The van der Waals surface area contributed by atoms with Crippen molar-refractivity contribution < 1.29 is 9.90 Å². The van der Waals surface area contributed by atoms with Crippen LogP contribution < -0.4 is 0 Å². The van der Waals surface area contributed by atoms with Gasteiger partial charge < -0.3 is 5.11 Å². The third-order valence-corrected chi connectivity index (χ3v) is 2.87. The Morgan fingerprint density at radius 1 is 1.14 bits per heavy atom. The summed E-state index contributed by atoms with van der Waals surface area (Å²) in [6.45, 7) is 12.7. The van der Waals surface area contributed by atoms with Crippen molar-refractivity contribution in [2.45, 2.75) is 61.4 Å². The van der Waals surface area contributed by atoms with Crippen LogP contribution in [0.2, 0.25) is 0 Å². The molecule has 1 atom stereocenters. The van der Waals surface area contributed by atoms with Crippen molar-refractivity contribution in [2.75, 3.05) is 13.6 Å². The van der Waals surface area contributed by atoms with Gasteiger partial charge in [0, 0.05) is 0 Å². The Balaban J connectivity index is -0.000000595. The van der Waals surface area contributed by atoms with Gasteiger partial charge in [-0.1, -0.05) is 71.9 Å². The predicted octanol–water partition coefficient (Wildman–Crippen LogP) is 4.63. The monoisotopic (exact) mass is 297 g/mol. The maximum atomic E-state index is 11.1. The van der Waals surface area contributed by atoms with Crippen LogP contribution in [0.5, 0.6) is 0 Å². The second-order valence-electron chi connectivity index (χ2n) is 4.12. The SMILES string of the molecule is C.CC.CC.CCN(C)C(Cc1ccc(C)cc1)C(=O)O. The van der Waals surface area contributed by atoms with E-state index in [2.05, 4.69) is 0 Å². The summed E-state index contributed by atoms with van der Waals surface area (Å²) in [5, 5.41) is 9.15. The number of aryl methyl sites for hydroxylation is 1. The summed E-state index contributed by atoms with van der Waals surface area (Å²) in [5.41, 5.74) is 2.26. The van der Waals surface area contributed by atoms with Gasteiger partial charge in [-0.05, 0) is 32.5 Å². The molecule has 3 nitrogen and oxygen atoms in total. The number of hydrogen-bond acceptors (Lipinski definition) is 2. The van der Waals surface area contributed by atoms with Gasteiger partial charge in [0.05, 0.1) is 0 Å². The first kappa shape index (κ1) is 24.7. The van der Waals surface area contributed by atoms with Crippen molar-refractivity contribution in [3.05, 3.63) is 35.4 Å². The Morgan fingerprint density at radius 3 is 1.90 bits per heavy atom. The summed E-state index contributed by atoms with van der Waals surface area (Å²) < 4.78 is 0. The van der Waals surface area contributed by atoms with E-state index in [0.29, 0.717) is 6.42 Å². The standard InChI is InChI=1S/C13H19NO2.2C2H6.CH4/c1-4-14(3)12(13(15)16)9-11-7-5-10(2)6-8-11;2*1-2;/h5-8,12H,4,9H2,1-3H3,(H,15,16);2*1-2H3;1H4. The van der Waals surface area contributed by atoms with E-state index in [-0.39, 0.29) is 7.43 Å². The van der Waals surface area contributed by atoms with Crippen molar-refractivity contribution >= 4 is 5.97 Å². The van der Waals surface area contributed by atoms with E-state index < -0.39 is 12.0 Å². The van der Waals surface area contributed by atoms with Gasteiger partial charge in [-0.15, -0.1) is 0 Å². The van der Waals surface area contributed by atoms with Crippen LogP contribution in [0, 0.1) is 6.92 Å². The van der Waals surface area contributed by atoms with Crippen molar-refractivity contribution in [2.24, 2.45) is 0 Å². The molecule has 0 radical (unpaired) electrons. The van der Waals surface area contributed by atoms with Gasteiger partial charge in [-0.2, -0.15) is 0 Å². The zero-order valence-corrected chi connectivity index (χ0v) is 14.1. The molecular weight excluding hydrogens is 262 g/mol. The number of benzene rings is 1. The first-order valence-corrected chi connectivity index (χ1v) is 7.53. The van der Waals surface area contributed by atoms with Crippen LogP contribution >= 0.6 is 0 Å². The Hall–Kier alpha value is -1.35. The van der Waals surface area contributed by atoms with E-state index in [9.17, 15) is 4.79 Å². The Bertz CT molecular complexity index is 347. The highest BCUT2D eigenvalue weighted by Gasteiger charge is 2.21. The smallest absolute Gasteiger partial charge is 0.321 e. The Morgan fingerprint density at radius 2 is 1.57 bits per heavy atom. The van der Waals surface area contributed by atoms with Crippen LogP contribution in [0.3, 0.4) is 0 Å². The van der Waals surface area contributed by atoms with Gasteiger partial charge in [-0.3, -0.25) is 9.69 Å². The van der Waals surface area contributed by atoms with Gasteiger partial charge in [0.1, 0.15) is 6.04 Å². The number of nitrogens with zero attached hydrogens (tertiary/aromatic N) is 1. The number of carboxylic acid groups (broad SMARTS) is 1. The quantitative estimate of drug-likeness (QED) is 0.861. The summed E-state index contributed by atoms with van der Waals surface area (Å²) in [6.07, 6.45) is 0.556. The molecule has 0 aliphatic rings. The van der Waals surface area contributed by atoms with Gasteiger partial charge >= 0.3 is 5.97 Å². The van der Waals surface area contributed by atoms with Crippen molar-refractivity contribution in [3.8, 4) is 0 Å². The van der Waals surface area contributed by atoms with E-state index in [0.717, 1.165) is 12.1 Å². The van der Waals surface area contributed by atoms with Crippen molar-refractivity contribution in [1.82, 2.24) is 4.90 Å². The third kappa shape index (κ3) is 10.1. The molecule has 21 heavy (non-hydrogen) atoms. The minimum absolute atomic E-state index is 0. The lowest BCUT2D eigenvalue weighted by molar-refractivity contribution is -0.142. The topological polar surface area (TPSA) is 40.5 Å². The molecule has 1 aromatic carbocycles. The molecule has 0 aromatic heterocycles. The van der Waals surface area contributed by atoms with Gasteiger partial charge in [0.25, 0.3) is 0 Å². The molecule has 1 N–H and O–H groups in total. The molecule has 3 heteroatoms. The minimum atomic E-state index is -0.759. The molecule has 0 aliphatic carbocycles. The molecule has 124 valence electrons. The van der Waals surface area contributed by atoms with Gasteiger partial charge in [-0.25, -0.2) is 0 Å². The number of carbonyl (C=O) groups is 1. The second-order valence-corrected chi connectivity index (χ2v) is 4.12. The zero-order valence-electron chi connectivity index (χ0n) is 14.1. The molecule has 1 rings (SSSR count). The summed E-state index contributed by atoms with van der Waals surface area (Å²) >= 11 is 0. The van der Waals surface area contributed by atoms with E-state index in [4.69, 9.17) is 5.11 Å². The highest BCUT2D eigenvalue weighted by atomic mass is 16.4. The first-order valence-electron chi connectivity index (χ1n) is 7.53.